The normalized spacial score (nSPS) is 21.5. The lowest BCUT2D eigenvalue weighted by atomic mass is 10.0. The van der Waals surface area contributed by atoms with Crippen molar-refractivity contribution in [3.63, 3.8) is 0 Å². The van der Waals surface area contributed by atoms with Crippen LogP contribution in [0.1, 0.15) is 54.4 Å². The van der Waals surface area contributed by atoms with E-state index in [1.165, 1.54) is 0 Å². The van der Waals surface area contributed by atoms with Gasteiger partial charge in [0.1, 0.15) is 23.3 Å². The average Bonchev–Trinajstić information content (AvgIpc) is 2.35. The van der Waals surface area contributed by atoms with Crippen LogP contribution >= 0.6 is 0 Å². The van der Waals surface area contributed by atoms with E-state index in [1.54, 1.807) is 41.5 Å². The summed E-state index contributed by atoms with van der Waals surface area (Å²) in [5.41, 5.74) is -1.22. The molecule has 8 nitrogen and oxygen atoms in total. The van der Waals surface area contributed by atoms with Crippen molar-refractivity contribution in [1.29, 1.82) is 0 Å². The van der Waals surface area contributed by atoms with Crippen molar-refractivity contribution in [3.8, 4) is 0 Å². The number of carbonyl (C=O) groups is 3. The molecular formula is C16H28N2O6. The molecule has 1 fully saturated rings. The van der Waals surface area contributed by atoms with Gasteiger partial charge in [-0.15, -0.1) is 0 Å². The van der Waals surface area contributed by atoms with Gasteiger partial charge in [0.2, 0.25) is 0 Å². The van der Waals surface area contributed by atoms with Gasteiger partial charge in [0.25, 0.3) is 0 Å². The summed E-state index contributed by atoms with van der Waals surface area (Å²) in [6.45, 7) is 10.7. The van der Waals surface area contributed by atoms with Crippen molar-refractivity contribution < 1.29 is 28.6 Å². The number of ether oxygens (including phenoxy) is 3. The molecule has 1 saturated heterocycles. The zero-order chi connectivity index (χ0) is 18.5. The standard InChI is InChI=1S/C16H28N2O6/c1-15(2,3)23-13(20)17-9-10-7-8-11(12(19)22-10)18-14(21)24-16(4,5)6/h10-11H,7-9H2,1-6H3,(H,17,20)(H,18,21)/t10-,11+/m1/s1. The second-order valence-corrected chi connectivity index (χ2v) is 7.72. The minimum absolute atomic E-state index is 0.166. The lowest BCUT2D eigenvalue weighted by molar-refractivity contribution is -0.156. The maximum absolute atomic E-state index is 11.9. The molecule has 2 N–H and O–H groups in total. The number of hydrogen-bond acceptors (Lipinski definition) is 6. The van der Waals surface area contributed by atoms with Crippen LogP contribution in [0.3, 0.4) is 0 Å². The van der Waals surface area contributed by atoms with Crippen LogP contribution in [0.4, 0.5) is 9.59 Å². The van der Waals surface area contributed by atoms with Crippen molar-refractivity contribution in [3.05, 3.63) is 0 Å². The van der Waals surface area contributed by atoms with E-state index >= 15 is 0 Å². The van der Waals surface area contributed by atoms with Crippen LogP contribution in [0.25, 0.3) is 0 Å². The fraction of sp³-hybridized carbons (Fsp3) is 0.812. The first kappa shape index (κ1) is 20.1. The Hall–Kier alpha value is -1.99. The summed E-state index contributed by atoms with van der Waals surface area (Å²) < 4.78 is 15.5. The molecule has 2 atom stereocenters. The summed E-state index contributed by atoms with van der Waals surface area (Å²) >= 11 is 0. The Morgan fingerprint density at radius 2 is 1.58 bits per heavy atom. The highest BCUT2D eigenvalue weighted by Crippen LogP contribution is 2.16. The van der Waals surface area contributed by atoms with Gasteiger partial charge in [0, 0.05) is 0 Å². The molecule has 1 heterocycles. The van der Waals surface area contributed by atoms with E-state index in [0.717, 1.165) is 0 Å². The maximum Gasteiger partial charge on any atom is 0.408 e. The van der Waals surface area contributed by atoms with Gasteiger partial charge in [-0.2, -0.15) is 0 Å². The number of hydrogen-bond donors (Lipinski definition) is 2. The number of amides is 2. The molecule has 0 spiro atoms. The van der Waals surface area contributed by atoms with Gasteiger partial charge < -0.3 is 24.8 Å². The third-order valence-electron chi connectivity index (χ3n) is 2.91. The predicted octanol–water partition coefficient (Wildman–Crippen LogP) is 2.11. The maximum atomic E-state index is 11.9. The van der Waals surface area contributed by atoms with E-state index in [4.69, 9.17) is 14.2 Å². The van der Waals surface area contributed by atoms with Crippen molar-refractivity contribution in [2.24, 2.45) is 0 Å². The van der Waals surface area contributed by atoms with E-state index in [2.05, 4.69) is 10.6 Å². The summed E-state index contributed by atoms with van der Waals surface area (Å²) in [6.07, 6.45) is -0.732. The average molecular weight is 344 g/mol. The minimum atomic E-state index is -0.738. The largest absolute Gasteiger partial charge is 0.459 e. The van der Waals surface area contributed by atoms with Gasteiger partial charge in [-0.3, -0.25) is 0 Å². The molecule has 138 valence electrons. The van der Waals surface area contributed by atoms with Crippen LogP contribution in [0.5, 0.6) is 0 Å². The molecule has 0 aliphatic carbocycles. The Bertz CT molecular complexity index is 478. The van der Waals surface area contributed by atoms with E-state index in [-0.39, 0.29) is 6.54 Å². The minimum Gasteiger partial charge on any atom is -0.459 e. The van der Waals surface area contributed by atoms with Crippen molar-refractivity contribution >= 4 is 18.2 Å². The molecule has 2 amide bonds. The molecule has 0 aromatic rings. The molecule has 1 rings (SSSR count). The Labute approximate surface area is 142 Å². The lowest BCUT2D eigenvalue weighted by Crippen LogP contribution is -2.50. The van der Waals surface area contributed by atoms with Gasteiger partial charge in [-0.05, 0) is 54.4 Å². The van der Waals surface area contributed by atoms with Crippen LogP contribution in [0.2, 0.25) is 0 Å². The van der Waals surface area contributed by atoms with Crippen molar-refractivity contribution in [2.75, 3.05) is 6.54 Å². The van der Waals surface area contributed by atoms with Crippen LogP contribution in [0, 0.1) is 0 Å². The van der Waals surface area contributed by atoms with Gasteiger partial charge in [-0.25, -0.2) is 14.4 Å². The molecule has 0 aromatic heterocycles. The number of alkyl carbamates (subject to hydrolysis) is 2. The molecule has 0 aromatic carbocycles. The first-order valence-electron chi connectivity index (χ1n) is 8.02. The van der Waals surface area contributed by atoms with Crippen molar-refractivity contribution in [2.45, 2.75) is 77.7 Å². The van der Waals surface area contributed by atoms with E-state index in [1.807, 2.05) is 0 Å². The molecule has 0 saturated carbocycles. The molecule has 24 heavy (non-hydrogen) atoms. The highest BCUT2D eigenvalue weighted by atomic mass is 16.6. The number of carbonyl (C=O) groups excluding carboxylic acids is 3. The zero-order valence-electron chi connectivity index (χ0n) is 15.2. The van der Waals surface area contributed by atoms with Gasteiger partial charge in [0.15, 0.2) is 0 Å². The van der Waals surface area contributed by atoms with Gasteiger partial charge in [-0.1, -0.05) is 0 Å². The van der Waals surface area contributed by atoms with Crippen LogP contribution in [0.15, 0.2) is 0 Å². The molecule has 0 radical (unpaired) electrons. The van der Waals surface area contributed by atoms with Crippen LogP contribution in [-0.4, -0.2) is 48.0 Å². The molecule has 1 aliphatic heterocycles. The molecular weight excluding hydrogens is 316 g/mol. The number of cyclic esters (lactones) is 1. The molecule has 0 unspecified atom stereocenters. The second kappa shape index (κ2) is 7.72. The summed E-state index contributed by atoms with van der Waals surface area (Å²) in [6, 6.07) is -0.738. The van der Waals surface area contributed by atoms with Crippen LogP contribution in [-0.2, 0) is 19.0 Å². The zero-order valence-corrected chi connectivity index (χ0v) is 15.2. The summed E-state index contributed by atoms with van der Waals surface area (Å²) in [5, 5.41) is 5.06. The number of nitrogens with one attached hydrogen (secondary N) is 2. The fourth-order valence-electron chi connectivity index (χ4n) is 2.01. The quantitative estimate of drug-likeness (QED) is 0.600. The van der Waals surface area contributed by atoms with Crippen molar-refractivity contribution in [1.82, 2.24) is 10.6 Å². The first-order chi connectivity index (χ1) is 10.9. The Kier molecular flexibility index (Phi) is 6.45. The highest BCUT2D eigenvalue weighted by molar-refractivity contribution is 5.82. The van der Waals surface area contributed by atoms with Gasteiger partial charge >= 0.3 is 18.2 Å². The third kappa shape index (κ3) is 8.03. The SMILES string of the molecule is CC(C)(C)OC(=O)NC[C@H]1CC[C@H](NC(=O)OC(C)(C)C)C(=O)O1. The highest BCUT2D eigenvalue weighted by Gasteiger charge is 2.32. The Balaban J connectivity index is 2.37. The summed E-state index contributed by atoms with van der Waals surface area (Å²) in [7, 11) is 0. The van der Waals surface area contributed by atoms with Crippen LogP contribution < -0.4 is 10.6 Å². The lowest BCUT2D eigenvalue weighted by Gasteiger charge is -2.29. The Morgan fingerprint density at radius 1 is 1.04 bits per heavy atom. The second-order valence-electron chi connectivity index (χ2n) is 7.72. The summed E-state index contributed by atoms with van der Waals surface area (Å²) in [5.74, 6) is -0.539. The van der Waals surface area contributed by atoms with E-state index < -0.39 is 41.5 Å². The third-order valence-corrected chi connectivity index (χ3v) is 2.91. The molecule has 0 bridgehead atoms. The summed E-state index contributed by atoms with van der Waals surface area (Å²) in [4.78, 5) is 35.2. The fourth-order valence-corrected chi connectivity index (χ4v) is 2.01. The van der Waals surface area contributed by atoms with E-state index in [9.17, 15) is 14.4 Å². The Morgan fingerprint density at radius 3 is 2.08 bits per heavy atom. The molecule has 8 heteroatoms. The number of rotatable bonds is 3. The first-order valence-corrected chi connectivity index (χ1v) is 8.02. The van der Waals surface area contributed by atoms with E-state index in [0.29, 0.717) is 12.8 Å². The van der Waals surface area contributed by atoms with Gasteiger partial charge in [0.05, 0.1) is 6.54 Å². The predicted molar refractivity (Wildman–Crippen MR) is 86.5 cm³/mol. The monoisotopic (exact) mass is 344 g/mol. The topological polar surface area (TPSA) is 103 Å². The number of esters is 1. The smallest absolute Gasteiger partial charge is 0.408 e. The molecule has 1 aliphatic rings.